The van der Waals surface area contributed by atoms with Gasteiger partial charge in [0, 0.05) is 13.7 Å². The fourth-order valence-corrected chi connectivity index (χ4v) is 2.31. The van der Waals surface area contributed by atoms with Gasteiger partial charge in [0.2, 0.25) is 0 Å². The highest BCUT2D eigenvalue weighted by atomic mass is 32.1. The third-order valence-electron chi connectivity index (χ3n) is 2.59. The molecule has 0 radical (unpaired) electrons. The normalized spacial score (nSPS) is 12.1. The third kappa shape index (κ3) is 5.50. The Morgan fingerprint density at radius 3 is 2.79 bits per heavy atom. The molecule has 0 saturated heterocycles. The van der Waals surface area contributed by atoms with Crippen LogP contribution >= 0.6 is 11.3 Å². The predicted octanol–water partition coefficient (Wildman–Crippen LogP) is 1.49. The van der Waals surface area contributed by atoms with Crippen LogP contribution in [0.3, 0.4) is 0 Å². The molecule has 0 aliphatic rings. The van der Waals surface area contributed by atoms with E-state index in [0.29, 0.717) is 18.0 Å². The molecule has 0 amide bonds. The van der Waals surface area contributed by atoms with E-state index in [1.807, 2.05) is 11.4 Å². The molecule has 0 aliphatic carbocycles. The number of carbonyl (C=O) groups is 2. The summed E-state index contributed by atoms with van der Waals surface area (Å²) in [7, 11) is 2.95. The number of ketones is 1. The molecule has 1 atom stereocenters. The van der Waals surface area contributed by atoms with E-state index in [2.05, 4.69) is 10.1 Å². The topological polar surface area (TPSA) is 64.6 Å². The Labute approximate surface area is 116 Å². The Hall–Kier alpha value is -1.24. The first-order valence-electron chi connectivity index (χ1n) is 6.06. The molecule has 0 fully saturated rings. The van der Waals surface area contributed by atoms with Crippen LogP contribution in [0.1, 0.15) is 22.5 Å². The quantitative estimate of drug-likeness (QED) is 0.423. The zero-order valence-electron chi connectivity index (χ0n) is 11.2. The number of carbonyl (C=O) groups excluding carboxylic acids is 2. The maximum atomic E-state index is 12.2. The standard InChI is InChI=1S/C13H19NO4S/c1-17-7-4-6-14-10(9-12(15)18-2)13(16)11-5-3-8-19-11/h3,5,8,10,14H,4,6-7,9H2,1-2H3. The number of Topliss-reactive ketones (excluding diaryl/α,β-unsaturated/α-hetero) is 1. The lowest BCUT2D eigenvalue weighted by Crippen LogP contribution is -2.39. The van der Waals surface area contributed by atoms with Crippen molar-refractivity contribution in [1.29, 1.82) is 0 Å². The number of rotatable bonds is 9. The van der Waals surface area contributed by atoms with E-state index in [1.165, 1.54) is 18.4 Å². The second-order valence-corrected chi connectivity index (χ2v) is 4.92. The molecule has 5 nitrogen and oxygen atoms in total. The molecule has 1 aromatic rings. The molecular weight excluding hydrogens is 266 g/mol. The average molecular weight is 285 g/mol. The van der Waals surface area contributed by atoms with Gasteiger partial charge in [0.15, 0.2) is 5.78 Å². The van der Waals surface area contributed by atoms with Crippen molar-refractivity contribution >= 4 is 23.1 Å². The van der Waals surface area contributed by atoms with Crippen LogP contribution in [0.4, 0.5) is 0 Å². The molecule has 106 valence electrons. The number of thiophene rings is 1. The van der Waals surface area contributed by atoms with Gasteiger partial charge in [-0.05, 0) is 24.4 Å². The van der Waals surface area contributed by atoms with Crippen LogP contribution in [0.2, 0.25) is 0 Å². The number of hydrogen-bond donors (Lipinski definition) is 1. The van der Waals surface area contributed by atoms with E-state index in [0.717, 1.165) is 6.42 Å². The first-order chi connectivity index (χ1) is 9.19. The molecule has 1 rings (SSSR count). The number of ether oxygens (including phenoxy) is 2. The van der Waals surface area contributed by atoms with Crippen LogP contribution in [0.25, 0.3) is 0 Å². The van der Waals surface area contributed by atoms with Crippen molar-refractivity contribution in [1.82, 2.24) is 5.32 Å². The molecule has 0 aromatic carbocycles. The lowest BCUT2D eigenvalue weighted by atomic mass is 10.1. The zero-order valence-corrected chi connectivity index (χ0v) is 12.0. The number of hydrogen-bond acceptors (Lipinski definition) is 6. The van der Waals surface area contributed by atoms with Crippen molar-refractivity contribution in [3.8, 4) is 0 Å². The highest BCUT2D eigenvalue weighted by molar-refractivity contribution is 7.12. The average Bonchev–Trinajstić information content (AvgIpc) is 2.95. The lowest BCUT2D eigenvalue weighted by Gasteiger charge is -2.15. The summed E-state index contributed by atoms with van der Waals surface area (Å²) in [5, 5.41) is 4.92. The van der Waals surface area contributed by atoms with E-state index in [9.17, 15) is 9.59 Å². The summed E-state index contributed by atoms with van der Waals surface area (Å²) in [4.78, 5) is 24.2. The molecule has 1 heterocycles. The molecule has 0 bridgehead atoms. The molecule has 0 aliphatic heterocycles. The van der Waals surface area contributed by atoms with Crippen molar-refractivity contribution in [3.05, 3.63) is 22.4 Å². The number of nitrogens with one attached hydrogen (secondary N) is 1. The van der Waals surface area contributed by atoms with Crippen molar-refractivity contribution in [2.75, 3.05) is 27.4 Å². The summed E-state index contributed by atoms with van der Waals surface area (Å²) >= 11 is 1.37. The van der Waals surface area contributed by atoms with Gasteiger partial charge in [0.05, 0.1) is 24.4 Å². The molecule has 19 heavy (non-hydrogen) atoms. The highest BCUT2D eigenvalue weighted by Crippen LogP contribution is 2.13. The Morgan fingerprint density at radius 2 is 2.21 bits per heavy atom. The Morgan fingerprint density at radius 1 is 1.42 bits per heavy atom. The minimum Gasteiger partial charge on any atom is -0.469 e. The molecule has 6 heteroatoms. The van der Waals surface area contributed by atoms with Crippen LogP contribution in [0.5, 0.6) is 0 Å². The second-order valence-electron chi connectivity index (χ2n) is 3.97. The Kier molecular flexibility index (Phi) is 7.32. The highest BCUT2D eigenvalue weighted by Gasteiger charge is 2.23. The maximum absolute atomic E-state index is 12.2. The molecule has 0 saturated carbocycles. The third-order valence-corrected chi connectivity index (χ3v) is 3.48. The smallest absolute Gasteiger partial charge is 0.307 e. The van der Waals surface area contributed by atoms with Gasteiger partial charge < -0.3 is 14.8 Å². The summed E-state index contributed by atoms with van der Waals surface area (Å²) in [6.45, 7) is 1.23. The summed E-state index contributed by atoms with van der Waals surface area (Å²) in [6, 6.07) is 3.04. The Balaban J connectivity index is 2.58. The van der Waals surface area contributed by atoms with Crippen molar-refractivity contribution in [2.45, 2.75) is 18.9 Å². The first kappa shape index (κ1) is 15.8. The van der Waals surface area contributed by atoms with E-state index in [1.54, 1.807) is 13.2 Å². The zero-order chi connectivity index (χ0) is 14.1. The van der Waals surface area contributed by atoms with Gasteiger partial charge in [0.25, 0.3) is 0 Å². The largest absolute Gasteiger partial charge is 0.469 e. The van der Waals surface area contributed by atoms with Gasteiger partial charge in [-0.3, -0.25) is 9.59 Å². The summed E-state index contributed by atoms with van der Waals surface area (Å²) in [6.07, 6.45) is 0.826. The maximum Gasteiger partial charge on any atom is 0.307 e. The van der Waals surface area contributed by atoms with Gasteiger partial charge in [-0.25, -0.2) is 0 Å². The van der Waals surface area contributed by atoms with Crippen LogP contribution in [0.15, 0.2) is 17.5 Å². The summed E-state index contributed by atoms with van der Waals surface area (Å²) in [5.41, 5.74) is 0. The molecule has 0 spiro atoms. The van der Waals surface area contributed by atoms with Crippen LogP contribution < -0.4 is 5.32 Å². The first-order valence-corrected chi connectivity index (χ1v) is 6.94. The molecular formula is C13H19NO4S. The van der Waals surface area contributed by atoms with Crippen LogP contribution in [-0.2, 0) is 14.3 Å². The van der Waals surface area contributed by atoms with Gasteiger partial charge in [-0.1, -0.05) is 6.07 Å². The fourth-order valence-electron chi connectivity index (χ4n) is 1.59. The van der Waals surface area contributed by atoms with E-state index < -0.39 is 12.0 Å². The van der Waals surface area contributed by atoms with Gasteiger partial charge in [-0.15, -0.1) is 11.3 Å². The summed E-state index contributed by atoms with van der Waals surface area (Å²) < 4.78 is 9.57. The monoisotopic (exact) mass is 285 g/mol. The van der Waals surface area contributed by atoms with Crippen molar-refractivity contribution in [2.24, 2.45) is 0 Å². The molecule has 1 aromatic heterocycles. The van der Waals surface area contributed by atoms with E-state index in [-0.39, 0.29) is 12.2 Å². The van der Waals surface area contributed by atoms with Gasteiger partial charge in [0.1, 0.15) is 0 Å². The Bertz CT molecular complexity index is 391. The number of esters is 1. The van der Waals surface area contributed by atoms with E-state index >= 15 is 0 Å². The van der Waals surface area contributed by atoms with Gasteiger partial charge in [-0.2, -0.15) is 0 Å². The summed E-state index contributed by atoms with van der Waals surface area (Å²) in [5.74, 6) is -0.466. The minimum absolute atomic E-state index is 0.0419. The van der Waals surface area contributed by atoms with E-state index in [4.69, 9.17) is 4.74 Å². The number of methoxy groups -OCH3 is 2. The van der Waals surface area contributed by atoms with Crippen molar-refractivity contribution < 1.29 is 19.1 Å². The fraction of sp³-hybridized carbons (Fsp3) is 0.538. The predicted molar refractivity (Wildman–Crippen MR) is 73.6 cm³/mol. The molecule has 1 unspecified atom stereocenters. The SMILES string of the molecule is COCCCNC(CC(=O)OC)C(=O)c1cccs1. The lowest BCUT2D eigenvalue weighted by molar-refractivity contribution is -0.140. The van der Waals surface area contributed by atoms with Gasteiger partial charge >= 0.3 is 5.97 Å². The minimum atomic E-state index is -0.539. The van der Waals surface area contributed by atoms with Crippen LogP contribution in [-0.4, -0.2) is 45.2 Å². The molecule has 1 N–H and O–H groups in total. The van der Waals surface area contributed by atoms with Crippen molar-refractivity contribution in [3.63, 3.8) is 0 Å². The second kappa shape index (κ2) is 8.79. The van der Waals surface area contributed by atoms with Crippen LogP contribution in [0, 0.1) is 0 Å².